The predicted molar refractivity (Wildman–Crippen MR) is 109 cm³/mol. The summed E-state index contributed by atoms with van der Waals surface area (Å²) in [7, 11) is 3.23. The number of hydrogen-bond donors (Lipinski definition) is 3. The molecule has 0 aliphatic heterocycles. The minimum atomic E-state index is -0.678. The minimum Gasteiger partial charge on any atom is -0.507 e. The number of carbonyl (C=O) groups is 1. The summed E-state index contributed by atoms with van der Waals surface area (Å²) in [6.45, 7) is 0.699. The lowest BCUT2D eigenvalue weighted by molar-refractivity contribution is 0.0998. The maximum Gasteiger partial charge on any atom is 0.252 e. The number of thiazole rings is 1. The number of primary amides is 1. The van der Waals surface area contributed by atoms with Crippen LogP contribution in [0.4, 0.5) is 5.13 Å². The van der Waals surface area contributed by atoms with Gasteiger partial charge in [-0.25, -0.2) is 4.98 Å². The Kier molecular flexibility index (Phi) is 6.00. The average Bonchev–Trinajstić information content (AvgIpc) is 3.16. The van der Waals surface area contributed by atoms with Crippen molar-refractivity contribution in [3.8, 4) is 28.5 Å². The fourth-order valence-electron chi connectivity index (χ4n) is 2.73. The number of nitrogens with two attached hydrogens (primary N) is 1. The molecule has 0 aliphatic rings. The molecule has 8 heteroatoms. The lowest BCUT2D eigenvalue weighted by atomic mass is 10.1. The molecule has 0 unspecified atom stereocenters. The fraction of sp³-hybridized carbons (Fsp3) is 0.200. The SMILES string of the molecule is COc1ccc(CCNc2nc(-c3ccc(O)c(C(N)=O)c3)cs2)cc1OC. The Labute approximate surface area is 166 Å². The van der Waals surface area contributed by atoms with Crippen molar-refractivity contribution in [3.63, 3.8) is 0 Å². The fourth-order valence-corrected chi connectivity index (χ4v) is 3.48. The number of ether oxygens (including phenoxy) is 2. The van der Waals surface area contributed by atoms with Crippen LogP contribution in [0.5, 0.6) is 17.2 Å². The molecule has 1 heterocycles. The number of hydrogen-bond acceptors (Lipinski definition) is 7. The molecule has 146 valence electrons. The number of rotatable bonds is 8. The van der Waals surface area contributed by atoms with Crippen LogP contribution in [0.2, 0.25) is 0 Å². The number of nitrogens with one attached hydrogen (secondary N) is 1. The van der Waals surface area contributed by atoms with E-state index in [1.54, 1.807) is 26.4 Å². The van der Waals surface area contributed by atoms with E-state index < -0.39 is 5.91 Å². The van der Waals surface area contributed by atoms with Gasteiger partial charge in [0, 0.05) is 17.5 Å². The quantitative estimate of drug-likeness (QED) is 0.537. The maximum atomic E-state index is 11.4. The second-order valence-corrected chi connectivity index (χ2v) is 6.86. The van der Waals surface area contributed by atoms with Crippen LogP contribution in [0, 0.1) is 0 Å². The number of phenols is 1. The number of methoxy groups -OCH3 is 2. The molecule has 0 fully saturated rings. The van der Waals surface area contributed by atoms with Gasteiger partial charge in [-0.2, -0.15) is 0 Å². The Hall–Kier alpha value is -3.26. The summed E-state index contributed by atoms with van der Waals surface area (Å²) >= 11 is 1.47. The van der Waals surface area contributed by atoms with Crippen molar-refractivity contribution in [1.82, 2.24) is 4.98 Å². The minimum absolute atomic E-state index is 0.0773. The lowest BCUT2D eigenvalue weighted by Gasteiger charge is -2.09. The van der Waals surface area contributed by atoms with Crippen LogP contribution in [0.25, 0.3) is 11.3 Å². The predicted octanol–water partition coefficient (Wildman–Crippen LogP) is 3.29. The van der Waals surface area contributed by atoms with Crippen LogP contribution in [0.1, 0.15) is 15.9 Å². The summed E-state index contributed by atoms with van der Waals surface area (Å²) in [5.41, 5.74) is 7.90. The van der Waals surface area contributed by atoms with E-state index in [1.807, 2.05) is 23.6 Å². The normalized spacial score (nSPS) is 10.5. The Morgan fingerprint density at radius 1 is 1.18 bits per heavy atom. The first-order valence-corrected chi connectivity index (χ1v) is 9.43. The van der Waals surface area contributed by atoms with E-state index in [9.17, 15) is 9.90 Å². The van der Waals surface area contributed by atoms with E-state index in [-0.39, 0.29) is 11.3 Å². The topological polar surface area (TPSA) is 107 Å². The monoisotopic (exact) mass is 399 g/mol. The van der Waals surface area contributed by atoms with Gasteiger partial charge >= 0.3 is 0 Å². The highest BCUT2D eigenvalue weighted by atomic mass is 32.1. The molecule has 0 spiro atoms. The molecule has 28 heavy (non-hydrogen) atoms. The third-order valence-electron chi connectivity index (χ3n) is 4.20. The van der Waals surface area contributed by atoms with Crippen LogP contribution in [0.15, 0.2) is 41.8 Å². The van der Waals surface area contributed by atoms with Crippen molar-refractivity contribution >= 4 is 22.4 Å². The zero-order valence-electron chi connectivity index (χ0n) is 15.6. The number of nitrogens with zero attached hydrogens (tertiary/aromatic N) is 1. The van der Waals surface area contributed by atoms with E-state index in [0.717, 1.165) is 22.7 Å². The second-order valence-electron chi connectivity index (χ2n) is 6.00. The number of benzene rings is 2. The molecule has 0 saturated carbocycles. The highest BCUT2D eigenvalue weighted by molar-refractivity contribution is 7.14. The third kappa shape index (κ3) is 4.34. The molecule has 0 radical (unpaired) electrons. The van der Waals surface area contributed by atoms with Gasteiger partial charge in [0.05, 0.1) is 25.5 Å². The first-order valence-electron chi connectivity index (χ1n) is 8.55. The van der Waals surface area contributed by atoms with Crippen LogP contribution in [-0.4, -0.2) is 36.8 Å². The largest absolute Gasteiger partial charge is 0.507 e. The molecule has 3 rings (SSSR count). The first-order chi connectivity index (χ1) is 13.5. The molecule has 3 aromatic rings. The van der Waals surface area contributed by atoms with E-state index in [2.05, 4.69) is 10.3 Å². The van der Waals surface area contributed by atoms with E-state index in [1.165, 1.54) is 17.4 Å². The smallest absolute Gasteiger partial charge is 0.252 e. The first kappa shape index (κ1) is 19.5. The van der Waals surface area contributed by atoms with Crippen LogP contribution < -0.4 is 20.5 Å². The molecule has 4 N–H and O–H groups in total. The Balaban J connectivity index is 1.64. The van der Waals surface area contributed by atoms with Crippen molar-refractivity contribution in [2.45, 2.75) is 6.42 Å². The molecule has 2 aromatic carbocycles. The summed E-state index contributed by atoms with van der Waals surface area (Å²) in [4.78, 5) is 15.9. The third-order valence-corrected chi connectivity index (χ3v) is 5.00. The lowest BCUT2D eigenvalue weighted by Crippen LogP contribution is -2.11. The highest BCUT2D eigenvalue weighted by Gasteiger charge is 2.11. The van der Waals surface area contributed by atoms with Crippen molar-refractivity contribution < 1.29 is 19.4 Å². The van der Waals surface area contributed by atoms with Crippen molar-refractivity contribution in [2.24, 2.45) is 5.73 Å². The Bertz CT molecular complexity index is 987. The van der Waals surface area contributed by atoms with E-state index in [0.29, 0.717) is 23.7 Å². The zero-order chi connectivity index (χ0) is 20.1. The van der Waals surface area contributed by atoms with Crippen molar-refractivity contribution in [2.75, 3.05) is 26.1 Å². The zero-order valence-corrected chi connectivity index (χ0v) is 16.4. The standard InChI is InChI=1S/C20H21N3O4S/c1-26-17-6-3-12(9-18(17)27-2)7-8-22-20-23-15(11-28-20)13-4-5-16(24)14(10-13)19(21)25/h3-6,9-11,24H,7-8H2,1-2H3,(H2,21,25)(H,22,23). The van der Waals surface area contributed by atoms with Gasteiger partial charge in [-0.1, -0.05) is 6.07 Å². The van der Waals surface area contributed by atoms with Gasteiger partial charge in [-0.15, -0.1) is 11.3 Å². The Morgan fingerprint density at radius 2 is 1.96 bits per heavy atom. The van der Waals surface area contributed by atoms with Gasteiger partial charge in [-0.3, -0.25) is 4.79 Å². The maximum absolute atomic E-state index is 11.4. The van der Waals surface area contributed by atoms with Crippen LogP contribution in [-0.2, 0) is 6.42 Å². The second kappa shape index (κ2) is 8.62. The van der Waals surface area contributed by atoms with Crippen LogP contribution in [0.3, 0.4) is 0 Å². The van der Waals surface area contributed by atoms with Gasteiger partial charge in [0.2, 0.25) is 0 Å². The van der Waals surface area contributed by atoms with Gasteiger partial charge in [0.1, 0.15) is 5.75 Å². The Morgan fingerprint density at radius 3 is 2.68 bits per heavy atom. The number of anilines is 1. The molecular weight excluding hydrogens is 378 g/mol. The number of carbonyl (C=O) groups excluding carboxylic acids is 1. The highest BCUT2D eigenvalue weighted by Crippen LogP contribution is 2.29. The van der Waals surface area contributed by atoms with Crippen molar-refractivity contribution in [1.29, 1.82) is 0 Å². The van der Waals surface area contributed by atoms with Crippen LogP contribution >= 0.6 is 11.3 Å². The molecule has 0 atom stereocenters. The van der Waals surface area contributed by atoms with E-state index in [4.69, 9.17) is 15.2 Å². The van der Waals surface area contributed by atoms with Gasteiger partial charge < -0.3 is 25.6 Å². The molecule has 1 amide bonds. The molecule has 7 nitrogen and oxygen atoms in total. The number of aromatic hydroxyl groups is 1. The number of aromatic nitrogens is 1. The summed E-state index contributed by atoms with van der Waals surface area (Å²) in [6, 6.07) is 10.5. The molecule has 0 aliphatic carbocycles. The molecule has 0 saturated heterocycles. The summed E-state index contributed by atoms with van der Waals surface area (Å²) < 4.78 is 10.6. The average molecular weight is 399 g/mol. The molecular formula is C20H21N3O4S. The van der Waals surface area contributed by atoms with E-state index >= 15 is 0 Å². The summed E-state index contributed by atoms with van der Waals surface area (Å²) in [5.74, 6) is 0.588. The number of amides is 1. The van der Waals surface area contributed by atoms with Gasteiger partial charge in [0.25, 0.3) is 5.91 Å². The van der Waals surface area contributed by atoms with Gasteiger partial charge in [0.15, 0.2) is 16.6 Å². The van der Waals surface area contributed by atoms with Gasteiger partial charge in [-0.05, 0) is 42.3 Å². The summed E-state index contributed by atoms with van der Waals surface area (Å²) in [5, 5.41) is 15.6. The summed E-state index contributed by atoms with van der Waals surface area (Å²) in [6.07, 6.45) is 0.792. The molecule has 1 aromatic heterocycles. The molecule has 0 bridgehead atoms. The van der Waals surface area contributed by atoms with Crippen molar-refractivity contribution in [3.05, 3.63) is 52.9 Å².